The SMILES string of the molecule is C/C(=C\CNC(=O)C(CNC(=O)OCC1c2ccccc2-c2ccccc21)C(F)(F)F)C(=O)O. The normalized spacial score (nSPS) is 14.1. The molecule has 0 saturated carbocycles. The molecule has 34 heavy (non-hydrogen) atoms. The maximum absolute atomic E-state index is 13.3. The second-order valence-corrected chi connectivity index (χ2v) is 7.74. The maximum atomic E-state index is 13.3. The van der Waals surface area contributed by atoms with Crippen molar-refractivity contribution in [1.82, 2.24) is 10.6 Å². The van der Waals surface area contributed by atoms with Crippen LogP contribution in [0, 0.1) is 5.92 Å². The molecule has 3 N–H and O–H groups in total. The highest BCUT2D eigenvalue weighted by atomic mass is 19.4. The fourth-order valence-electron chi connectivity index (χ4n) is 3.71. The van der Waals surface area contributed by atoms with Gasteiger partial charge >= 0.3 is 18.2 Å². The number of alkyl halides is 3. The number of halogens is 3. The third-order valence-electron chi connectivity index (χ3n) is 5.53. The fourth-order valence-corrected chi connectivity index (χ4v) is 3.71. The van der Waals surface area contributed by atoms with E-state index in [2.05, 4.69) is 0 Å². The minimum atomic E-state index is -4.92. The van der Waals surface area contributed by atoms with Gasteiger partial charge in [-0.25, -0.2) is 9.59 Å². The van der Waals surface area contributed by atoms with Crippen LogP contribution in [-0.2, 0) is 14.3 Å². The van der Waals surface area contributed by atoms with Gasteiger partial charge < -0.3 is 20.5 Å². The zero-order chi connectivity index (χ0) is 24.9. The van der Waals surface area contributed by atoms with E-state index in [-0.39, 0.29) is 18.1 Å². The second-order valence-electron chi connectivity index (χ2n) is 7.74. The summed E-state index contributed by atoms with van der Waals surface area (Å²) < 4.78 is 45.2. The number of nitrogens with one attached hydrogen (secondary N) is 2. The van der Waals surface area contributed by atoms with Gasteiger partial charge in [0, 0.05) is 24.6 Å². The highest BCUT2D eigenvalue weighted by Crippen LogP contribution is 2.44. The lowest BCUT2D eigenvalue weighted by Gasteiger charge is -2.20. The van der Waals surface area contributed by atoms with Crippen molar-refractivity contribution in [2.75, 3.05) is 19.7 Å². The van der Waals surface area contributed by atoms with Crippen molar-refractivity contribution in [1.29, 1.82) is 0 Å². The van der Waals surface area contributed by atoms with E-state index >= 15 is 0 Å². The number of carboxylic acids is 1. The van der Waals surface area contributed by atoms with Crippen LogP contribution in [0.25, 0.3) is 11.1 Å². The molecule has 0 fully saturated rings. The van der Waals surface area contributed by atoms with E-state index in [9.17, 15) is 27.6 Å². The number of hydrogen-bond donors (Lipinski definition) is 3. The minimum absolute atomic E-state index is 0.0813. The third-order valence-corrected chi connectivity index (χ3v) is 5.53. The zero-order valence-electron chi connectivity index (χ0n) is 18.2. The summed E-state index contributed by atoms with van der Waals surface area (Å²) in [6, 6.07) is 15.2. The van der Waals surface area contributed by atoms with Crippen molar-refractivity contribution in [3.05, 3.63) is 71.3 Å². The molecule has 0 saturated heterocycles. The summed E-state index contributed by atoms with van der Waals surface area (Å²) in [6.07, 6.45) is -4.93. The fraction of sp³-hybridized carbons (Fsp3) is 0.292. The van der Waals surface area contributed by atoms with E-state index in [4.69, 9.17) is 9.84 Å². The number of carboxylic acid groups (broad SMARTS) is 1. The van der Waals surface area contributed by atoms with Gasteiger partial charge in [-0.3, -0.25) is 4.79 Å². The molecule has 0 aliphatic heterocycles. The highest BCUT2D eigenvalue weighted by molar-refractivity contribution is 5.86. The van der Waals surface area contributed by atoms with Crippen LogP contribution in [0.2, 0.25) is 0 Å². The standard InChI is InChI=1S/C24H23F3N2O5/c1-14(22(31)32)10-11-28-21(30)20(24(25,26)27)12-29-23(33)34-13-19-17-8-4-2-6-15(17)16-7-3-5-9-18(16)19/h2-10,19-20H,11-13H2,1H3,(H,28,30)(H,29,33)(H,31,32)/b14-10+. The highest BCUT2D eigenvalue weighted by Gasteiger charge is 2.45. The molecule has 1 unspecified atom stereocenters. The molecule has 180 valence electrons. The molecule has 2 aromatic rings. The Morgan fingerprint density at radius 3 is 2.12 bits per heavy atom. The average Bonchev–Trinajstić information content (AvgIpc) is 3.10. The molecule has 0 spiro atoms. The molecule has 0 bridgehead atoms. The Bertz CT molecular complexity index is 1070. The Balaban J connectivity index is 1.58. The monoisotopic (exact) mass is 476 g/mol. The molecule has 10 heteroatoms. The largest absolute Gasteiger partial charge is 0.478 e. The number of ether oxygens (including phenoxy) is 1. The van der Waals surface area contributed by atoms with E-state index in [1.165, 1.54) is 6.92 Å². The summed E-state index contributed by atoms with van der Waals surface area (Å²) in [6.45, 7) is -0.251. The molecule has 2 amide bonds. The predicted octanol–water partition coefficient (Wildman–Crippen LogP) is 3.85. The topological polar surface area (TPSA) is 105 Å². The summed E-state index contributed by atoms with van der Waals surface area (Å²) in [4.78, 5) is 34.9. The smallest absolute Gasteiger partial charge is 0.407 e. The third kappa shape index (κ3) is 5.75. The number of carbonyl (C=O) groups is 3. The summed E-state index contributed by atoms with van der Waals surface area (Å²) in [5, 5.41) is 12.8. The van der Waals surface area contributed by atoms with Crippen LogP contribution < -0.4 is 10.6 Å². The van der Waals surface area contributed by atoms with Gasteiger partial charge in [-0.05, 0) is 29.2 Å². The number of benzene rings is 2. The van der Waals surface area contributed by atoms with E-state index in [0.717, 1.165) is 28.3 Å². The second kappa shape index (κ2) is 10.4. The number of carbonyl (C=O) groups excluding carboxylic acids is 2. The summed E-state index contributed by atoms with van der Waals surface area (Å²) in [5.41, 5.74) is 3.80. The lowest BCUT2D eigenvalue weighted by Crippen LogP contribution is -2.46. The van der Waals surface area contributed by atoms with Crippen molar-refractivity contribution in [2.24, 2.45) is 5.92 Å². The Hall–Kier alpha value is -3.82. The molecule has 1 atom stereocenters. The Morgan fingerprint density at radius 1 is 1.03 bits per heavy atom. The van der Waals surface area contributed by atoms with Crippen molar-refractivity contribution >= 4 is 18.0 Å². The first-order chi connectivity index (χ1) is 16.1. The van der Waals surface area contributed by atoms with Gasteiger partial charge in [-0.15, -0.1) is 0 Å². The van der Waals surface area contributed by atoms with Gasteiger partial charge in [0.05, 0.1) is 0 Å². The number of aliphatic carboxylic acids is 1. The molecule has 0 radical (unpaired) electrons. The van der Waals surface area contributed by atoms with Crippen LogP contribution in [0.1, 0.15) is 24.0 Å². The van der Waals surface area contributed by atoms with Crippen molar-refractivity contribution in [3.63, 3.8) is 0 Å². The minimum Gasteiger partial charge on any atom is -0.478 e. The van der Waals surface area contributed by atoms with Gasteiger partial charge in [0.2, 0.25) is 5.91 Å². The van der Waals surface area contributed by atoms with E-state index < -0.39 is 43.2 Å². The number of alkyl carbamates (subject to hydrolysis) is 1. The Kier molecular flexibility index (Phi) is 7.60. The quantitative estimate of drug-likeness (QED) is 0.502. The van der Waals surface area contributed by atoms with E-state index in [0.29, 0.717) is 0 Å². The van der Waals surface area contributed by atoms with Crippen molar-refractivity contribution < 1.29 is 37.4 Å². The van der Waals surface area contributed by atoms with Gasteiger partial charge in [0.1, 0.15) is 6.61 Å². The van der Waals surface area contributed by atoms with Gasteiger partial charge in [0.15, 0.2) is 5.92 Å². The van der Waals surface area contributed by atoms with Crippen LogP contribution in [0.15, 0.2) is 60.2 Å². The first kappa shape index (κ1) is 24.8. The van der Waals surface area contributed by atoms with Gasteiger partial charge in [-0.2, -0.15) is 13.2 Å². The maximum Gasteiger partial charge on any atom is 0.407 e. The summed E-state index contributed by atoms with van der Waals surface area (Å²) in [7, 11) is 0. The molecule has 0 aromatic heterocycles. The van der Waals surface area contributed by atoms with Crippen LogP contribution in [0.4, 0.5) is 18.0 Å². The lowest BCUT2D eigenvalue weighted by molar-refractivity contribution is -0.181. The molecule has 1 aliphatic rings. The van der Waals surface area contributed by atoms with Crippen molar-refractivity contribution in [3.8, 4) is 11.1 Å². The first-order valence-electron chi connectivity index (χ1n) is 10.4. The van der Waals surface area contributed by atoms with Crippen molar-refractivity contribution in [2.45, 2.75) is 19.0 Å². The first-order valence-corrected chi connectivity index (χ1v) is 10.4. The number of rotatable bonds is 8. The van der Waals surface area contributed by atoms with E-state index in [1.54, 1.807) is 0 Å². The molecule has 0 heterocycles. The summed E-state index contributed by atoms with van der Waals surface area (Å²) in [5.74, 6) is -5.42. The van der Waals surface area contributed by atoms with Crippen LogP contribution >= 0.6 is 0 Å². The van der Waals surface area contributed by atoms with Crippen LogP contribution in [0.5, 0.6) is 0 Å². The Morgan fingerprint density at radius 2 is 1.59 bits per heavy atom. The molecule has 3 rings (SSSR count). The number of fused-ring (bicyclic) bond motifs is 3. The molecule has 1 aliphatic carbocycles. The van der Waals surface area contributed by atoms with Gasteiger partial charge in [-0.1, -0.05) is 54.6 Å². The van der Waals surface area contributed by atoms with Crippen LogP contribution in [0.3, 0.4) is 0 Å². The van der Waals surface area contributed by atoms with E-state index in [1.807, 2.05) is 59.2 Å². The van der Waals surface area contributed by atoms with Gasteiger partial charge in [0.25, 0.3) is 0 Å². The molecule has 7 nitrogen and oxygen atoms in total. The average molecular weight is 476 g/mol. The molecular weight excluding hydrogens is 453 g/mol. The molecular formula is C24H23F3N2O5. The van der Waals surface area contributed by atoms with Crippen LogP contribution in [-0.4, -0.2) is 48.9 Å². The Labute approximate surface area is 193 Å². The zero-order valence-corrected chi connectivity index (χ0v) is 18.2. The predicted molar refractivity (Wildman–Crippen MR) is 117 cm³/mol. The number of hydrogen-bond acceptors (Lipinski definition) is 4. The molecule has 2 aromatic carbocycles. The number of amides is 2. The summed E-state index contributed by atoms with van der Waals surface area (Å²) >= 11 is 0. The lowest BCUT2D eigenvalue weighted by atomic mass is 9.98.